The molecule has 1 fully saturated rings. The van der Waals surface area contributed by atoms with E-state index in [1.165, 1.54) is 5.56 Å². The highest BCUT2D eigenvalue weighted by Crippen LogP contribution is 2.32. The molecule has 0 heterocycles. The quantitative estimate of drug-likeness (QED) is 0.829. The number of ether oxygens (including phenoxy) is 1. The lowest BCUT2D eigenvalue weighted by Crippen LogP contribution is -2.47. The summed E-state index contributed by atoms with van der Waals surface area (Å²) >= 11 is 0. The van der Waals surface area contributed by atoms with Gasteiger partial charge in [0.25, 0.3) is 0 Å². The maximum atomic E-state index is 10.2. The van der Waals surface area contributed by atoms with Crippen LogP contribution in [-0.4, -0.2) is 24.4 Å². The molecule has 0 radical (unpaired) electrons. The van der Waals surface area contributed by atoms with E-state index in [1.54, 1.807) is 7.11 Å². The van der Waals surface area contributed by atoms with Crippen molar-refractivity contribution in [3.8, 4) is 5.75 Å². The Hall–Kier alpha value is -1.06. The van der Waals surface area contributed by atoms with E-state index in [4.69, 9.17) is 4.74 Å². The summed E-state index contributed by atoms with van der Waals surface area (Å²) in [6.45, 7) is 5.08. The number of methoxy groups -OCH3 is 1. The Bertz CT molecular complexity index is 396. The molecule has 3 nitrogen and oxygen atoms in total. The third-order valence-corrected chi connectivity index (χ3v) is 4.08. The molecular formula is C16H25NO2. The van der Waals surface area contributed by atoms with Crippen LogP contribution in [0, 0.1) is 5.92 Å². The van der Waals surface area contributed by atoms with Crippen LogP contribution in [0.15, 0.2) is 24.3 Å². The molecule has 19 heavy (non-hydrogen) atoms. The molecule has 2 N–H and O–H groups in total. The number of hydrogen-bond donors (Lipinski definition) is 2. The van der Waals surface area contributed by atoms with E-state index in [0.717, 1.165) is 25.0 Å². The van der Waals surface area contributed by atoms with Crippen LogP contribution in [0.1, 0.15) is 44.7 Å². The van der Waals surface area contributed by atoms with E-state index < -0.39 is 5.60 Å². The second-order valence-corrected chi connectivity index (χ2v) is 5.95. The Morgan fingerprint density at radius 3 is 2.32 bits per heavy atom. The van der Waals surface area contributed by atoms with Gasteiger partial charge in [-0.25, -0.2) is 0 Å². The molecule has 1 atom stereocenters. The average molecular weight is 263 g/mol. The summed E-state index contributed by atoms with van der Waals surface area (Å²) < 4.78 is 5.19. The third-order valence-electron chi connectivity index (χ3n) is 4.08. The topological polar surface area (TPSA) is 41.5 Å². The molecule has 0 saturated heterocycles. The van der Waals surface area contributed by atoms with Gasteiger partial charge in [0.1, 0.15) is 5.75 Å². The predicted octanol–water partition coefficient (Wildman–Crippen LogP) is 2.90. The summed E-state index contributed by atoms with van der Waals surface area (Å²) in [5, 5.41) is 13.7. The van der Waals surface area contributed by atoms with E-state index in [1.807, 2.05) is 12.1 Å². The first-order valence-corrected chi connectivity index (χ1v) is 7.14. The predicted molar refractivity (Wildman–Crippen MR) is 77.4 cm³/mol. The maximum absolute atomic E-state index is 10.2. The van der Waals surface area contributed by atoms with Crippen LogP contribution in [0.3, 0.4) is 0 Å². The summed E-state index contributed by atoms with van der Waals surface area (Å²) in [5.74, 6) is 1.36. The highest BCUT2D eigenvalue weighted by Gasteiger charge is 2.34. The molecule has 1 aliphatic carbocycles. The summed E-state index contributed by atoms with van der Waals surface area (Å²) in [5.41, 5.74) is 0.776. The van der Waals surface area contributed by atoms with Gasteiger partial charge >= 0.3 is 0 Å². The van der Waals surface area contributed by atoms with Crippen molar-refractivity contribution in [1.82, 2.24) is 5.32 Å². The molecule has 1 aliphatic rings. The number of hydrogen-bond acceptors (Lipinski definition) is 3. The Labute approximate surface area is 116 Å². The zero-order valence-electron chi connectivity index (χ0n) is 12.1. The standard InChI is InChI=1S/C16H25NO2/c1-12(2)15(17-11-16(18)9-4-10-16)13-5-7-14(19-3)8-6-13/h5-8,12,15,17-18H,4,9-11H2,1-3H3. The molecule has 1 saturated carbocycles. The van der Waals surface area contributed by atoms with Crippen molar-refractivity contribution in [2.45, 2.75) is 44.8 Å². The fourth-order valence-electron chi connectivity index (χ4n) is 2.61. The van der Waals surface area contributed by atoms with Gasteiger partial charge < -0.3 is 15.2 Å². The van der Waals surface area contributed by atoms with E-state index in [-0.39, 0.29) is 6.04 Å². The van der Waals surface area contributed by atoms with E-state index in [2.05, 4.69) is 31.3 Å². The molecule has 1 aromatic carbocycles. The molecule has 1 unspecified atom stereocenters. The SMILES string of the molecule is COc1ccc(C(NCC2(O)CCC2)C(C)C)cc1. The second-order valence-electron chi connectivity index (χ2n) is 5.95. The fraction of sp³-hybridized carbons (Fsp3) is 0.625. The number of nitrogens with one attached hydrogen (secondary N) is 1. The lowest BCUT2D eigenvalue weighted by atomic mass is 9.80. The normalized spacial score (nSPS) is 19.0. The van der Waals surface area contributed by atoms with Gasteiger partial charge in [-0.3, -0.25) is 0 Å². The van der Waals surface area contributed by atoms with Crippen molar-refractivity contribution in [1.29, 1.82) is 0 Å². The van der Waals surface area contributed by atoms with Crippen LogP contribution in [0.5, 0.6) is 5.75 Å². The van der Waals surface area contributed by atoms with Crippen molar-refractivity contribution >= 4 is 0 Å². The molecular weight excluding hydrogens is 238 g/mol. The molecule has 0 aliphatic heterocycles. The Morgan fingerprint density at radius 1 is 1.26 bits per heavy atom. The molecule has 0 bridgehead atoms. The smallest absolute Gasteiger partial charge is 0.118 e. The van der Waals surface area contributed by atoms with Gasteiger partial charge in [-0.05, 0) is 42.9 Å². The molecule has 1 aromatic rings. The van der Waals surface area contributed by atoms with Crippen LogP contribution in [-0.2, 0) is 0 Å². The molecule has 0 amide bonds. The van der Waals surface area contributed by atoms with E-state index in [9.17, 15) is 5.11 Å². The first kappa shape index (κ1) is 14.4. The Kier molecular flexibility index (Phi) is 4.48. The Morgan fingerprint density at radius 2 is 1.89 bits per heavy atom. The van der Waals surface area contributed by atoms with Crippen LogP contribution in [0.4, 0.5) is 0 Å². The number of aliphatic hydroxyl groups is 1. The van der Waals surface area contributed by atoms with Crippen molar-refractivity contribution in [3.63, 3.8) is 0 Å². The average Bonchev–Trinajstić information content (AvgIpc) is 2.37. The van der Waals surface area contributed by atoms with Crippen LogP contribution >= 0.6 is 0 Å². The summed E-state index contributed by atoms with van der Waals surface area (Å²) in [6.07, 6.45) is 2.99. The zero-order valence-corrected chi connectivity index (χ0v) is 12.1. The number of rotatable bonds is 6. The minimum Gasteiger partial charge on any atom is -0.497 e. The molecule has 0 spiro atoms. The van der Waals surface area contributed by atoms with E-state index in [0.29, 0.717) is 12.5 Å². The monoisotopic (exact) mass is 263 g/mol. The van der Waals surface area contributed by atoms with Crippen molar-refractivity contribution in [3.05, 3.63) is 29.8 Å². The molecule has 3 heteroatoms. The third kappa shape index (κ3) is 3.48. The zero-order chi connectivity index (χ0) is 13.9. The number of benzene rings is 1. The minimum absolute atomic E-state index is 0.274. The largest absolute Gasteiger partial charge is 0.497 e. The van der Waals surface area contributed by atoms with Crippen LogP contribution in [0.2, 0.25) is 0 Å². The fourth-order valence-corrected chi connectivity index (χ4v) is 2.61. The first-order chi connectivity index (χ1) is 9.04. The lowest BCUT2D eigenvalue weighted by Gasteiger charge is -2.38. The van der Waals surface area contributed by atoms with E-state index >= 15 is 0 Å². The highest BCUT2D eigenvalue weighted by molar-refractivity contribution is 5.29. The van der Waals surface area contributed by atoms with Crippen molar-refractivity contribution < 1.29 is 9.84 Å². The van der Waals surface area contributed by atoms with Gasteiger partial charge in [0.15, 0.2) is 0 Å². The van der Waals surface area contributed by atoms with Gasteiger partial charge in [-0.2, -0.15) is 0 Å². The van der Waals surface area contributed by atoms with Gasteiger partial charge in [0, 0.05) is 12.6 Å². The first-order valence-electron chi connectivity index (χ1n) is 7.14. The van der Waals surface area contributed by atoms with Crippen molar-refractivity contribution in [2.24, 2.45) is 5.92 Å². The molecule has 2 rings (SSSR count). The second kappa shape index (κ2) is 5.93. The Balaban J connectivity index is 2.01. The molecule has 106 valence electrons. The van der Waals surface area contributed by atoms with Gasteiger partial charge in [0.2, 0.25) is 0 Å². The van der Waals surface area contributed by atoms with Gasteiger partial charge in [-0.1, -0.05) is 26.0 Å². The van der Waals surface area contributed by atoms with Crippen molar-refractivity contribution in [2.75, 3.05) is 13.7 Å². The maximum Gasteiger partial charge on any atom is 0.118 e. The summed E-state index contributed by atoms with van der Waals surface area (Å²) in [7, 11) is 1.68. The van der Waals surface area contributed by atoms with Crippen LogP contribution < -0.4 is 10.1 Å². The minimum atomic E-state index is -0.473. The highest BCUT2D eigenvalue weighted by atomic mass is 16.5. The summed E-state index contributed by atoms with van der Waals surface area (Å²) in [6, 6.07) is 8.45. The lowest BCUT2D eigenvalue weighted by molar-refractivity contribution is -0.0342. The molecule has 0 aromatic heterocycles. The van der Waals surface area contributed by atoms with Gasteiger partial charge in [0.05, 0.1) is 12.7 Å². The van der Waals surface area contributed by atoms with Crippen LogP contribution in [0.25, 0.3) is 0 Å². The summed E-state index contributed by atoms with van der Waals surface area (Å²) in [4.78, 5) is 0. The van der Waals surface area contributed by atoms with Gasteiger partial charge in [-0.15, -0.1) is 0 Å².